The second kappa shape index (κ2) is 6.25. The summed E-state index contributed by atoms with van der Waals surface area (Å²) in [5, 5.41) is 4.58. The quantitative estimate of drug-likeness (QED) is 0.744. The van der Waals surface area contributed by atoms with Crippen LogP contribution in [0.4, 0.5) is 5.69 Å². The first-order valence-electron chi connectivity index (χ1n) is 6.97. The largest absolute Gasteiger partial charge is 0.320 e. The van der Waals surface area contributed by atoms with Crippen LogP contribution in [0, 0.1) is 13.8 Å². The lowest BCUT2D eigenvalue weighted by molar-refractivity contribution is -0.115. The molecule has 0 spiro atoms. The zero-order chi connectivity index (χ0) is 16.6. The van der Waals surface area contributed by atoms with Gasteiger partial charge in [-0.25, -0.2) is 4.98 Å². The lowest BCUT2D eigenvalue weighted by Crippen LogP contribution is -2.25. The normalized spacial score (nSPS) is 10.9. The van der Waals surface area contributed by atoms with Crippen LogP contribution in [0.1, 0.15) is 17.0 Å². The summed E-state index contributed by atoms with van der Waals surface area (Å²) in [5.74, 6) is -0.234. The highest BCUT2D eigenvalue weighted by Gasteiger charge is 2.15. The number of halogens is 1. The molecule has 0 unspecified atom stereocenters. The Morgan fingerprint density at radius 1 is 1.30 bits per heavy atom. The van der Waals surface area contributed by atoms with Crippen LogP contribution in [0.15, 0.2) is 38.9 Å². The Balaban J connectivity index is 1.88. The lowest BCUT2D eigenvalue weighted by atomic mass is 10.1. The number of fused-ring (bicyclic) bond motifs is 1. The van der Waals surface area contributed by atoms with Crippen molar-refractivity contribution in [2.45, 2.75) is 20.3 Å². The van der Waals surface area contributed by atoms with E-state index in [0.717, 1.165) is 15.7 Å². The summed E-state index contributed by atoms with van der Waals surface area (Å²) in [6.07, 6.45) is 0.206. The van der Waals surface area contributed by atoms with Gasteiger partial charge in [0.05, 0.1) is 12.1 Å². The van der Waals surface area contributed by atoms with Gasteiger partial charge in [-0.3, -0.25) is 14.0 Å². The van der Waals surface area contributed by atoms with Gasteiger partial charge in [0.15, 0.2) is 4.96 Å². The summed E-state index contributed by atoms with van der Waals surface area (Å²) in [6, 6.07) is 7.50. The molecular weight excluding hydrogens is 378 g/mol. The monoisotopic (exact) mass is 391 g/mol. The zero-order valence-corrected chi connectivity index (χ0v) is 15.0. The molecular formula is C16H14BrN3O2S. The molecule has 0 radical (unpaired) electrons. The number of anilines is 1. The highest BCUT2D eigenvalue weighted by atomic mass is 79.9. The number of carbonyl (C=O) groups excluding carboxylic acids is 1. The summed E-state index contributed by atoms with van der Waals surface area (Å²) < 4.78 is 2.48. The van der Waals surface area contributed by atoms with E-state index in [9.17, 15) is 9.59 Å². The van der Waals surface area contributed by atoms with E-state index in [0.29, 0.717) is 10.7 Å². The third kappa shape index (κ3) is 3.20. The van der Waals surface area contributed by atoms with Crippen molar-refractivity contribution in [3.05, 3.63) is 61.4 Å². The Labute approximate surface area is 145 Å². The molecule has 0 saturated carbocycles. The number of carbonyl (C=O) groups is 1. The zero-order valence-electron chi connectivity index (χ0n) is 12.6. The summed E-state index contributed by atoms with van der Waals surface area (Å²) in [4.78, 5) is 29.8. The lowest BCUT2D eigenvalue weighted by Gasteiger charge is -2.08. The summed E-state index contributed by atoms with van der Waals surface area (Å²) >= 11 is 4.77. The van der Waals surface area contributed by atoms with Crippen molar-refractivity contribution in [2.75, 3.05) is 5.32 Å². The molecule has 118 valence electrons. The van der Waals surface area contributed by atoms with Crippen LogP contribution in [0.2, 0.25) is 0 Å². The van der Waals surface area contributed by atoms with Gasteiger partial charge in [-0.15, -0.1) is 11.3 Å². The molecule has 3 aromatic rings. The highest BCUT2D eigenvalue weighted by Crippen LogP contribution is 2.16. The third-order valence-corrected chi connectivity index (χ3v) is 4.94. The van der Waals surface area contributed by atoms with E-state index >= 15 is 0 Å². The number of aryl methyl sites for hydroxylation is 2. The SMILES string of the molecule is Cc1nc2scc(C)n2c(=O)c1NC(=O)Cc1ccc(Br)cc1. The Bertz CT molecular complexity index is 944. The molecule has 0 bridgehead atoms. The first-order valence-corrected chi connectivity index (χ1v) is 8.64. The van der Waals surface area contributed by atoms with Gasteiger partial charge in [0.25, 0.3) is 5.56 Å². The van der Waals surface area contributed by atoms with Gasteiger partial charge >= 0.3 is 0 Å². The molecule has 0 aliphatic heterocycles. The molecule has 2 heterocycles. The molecule has 0 aliphatic carbocycles. The first kappa shape index (κ1) is 15.9. The fourth-order valence-corrected chi connectivity index (χ4v) is 3.47. The van der Waals surface area contributed by atoms with Crippen LogP contribution in [-0.2, 0) is 11.2 Å². The van der Waals surface area contributed by atoms with Crippen molar-refractivity contribution in [1.29, 1.82) is 0 Å². The van der Waals surface area contributed by atoms with E-state index in [-0.39, 0.29) is 23.6 Å². The first-order chi connectivity index (χ1) is 11.0. The minimum Gasteiger partial charge on any atom is -0.320 e. The van der Waals surface area contributed by atoms with E-state index in [1.54, 1.807) is 6.92 Å². The minimum atomic E-state index is -0.240. The molecule has 0 aliphatic rings. The standard InChI is InChI=1S/C16H14BrN3O2S/c1-9-8-23-16-18-10(2)14(15(22)20(9)16)19-13(21)7-11-3-5-12(17)6-4-11/h3-6,8H,7H2,1-2H3,(H,19,21). The Kier molecular flexibility index (Phi) is 4.32. The predicted molar refractivity (Wildman–Crippen MR) is 95.3 cm³/mol. The number of hydrogen-bond donors (Lipinski definition) is 1. The van der Waals surface area contributed by atoms with E-state index in [1.807, 2.05) is 36.6 Å². The van der Waals surface area contributed by atoms with Gasteiger partial charge in [-0.1, -0.05) is 28.1 Å². The van der Waals surface area contributed by atoms with Gasteiger partial charge in [-0.2, -0.15) is 0 Å². The van der Waals surface area contributed by atoms with Crippen LogP contribution in [0.5, 0.6) is 0 Å². The number of benzene rings is 1. The van der Waals surface area contributed by atoms with Crippen molar-refractivity contribution in [3.8, 4) is 0 Å². The maximum atomic E-state index is 12.6. The maximum absolute atomic E-state index is 12.6. The average Bonchev–Trinajstić information content (AvgIpc) is 2.87. The molecule has 1 amide bonds. The molecule has 0 fully saturated rings. The number of aromatic nitrogens is 2. The van der Waals surface area contributed by atoms with Gasteiger partial charge < -0.3 is 5.32 Å². The molecule has 0 atom stereocenters. The van der Waals surface area contributed by atoms with Crippen molar-refractivity contribution in [3.63, 3.8) is 0 Å². The van der Waals surface area contributed by atoms with Crippen LogP contribution >= 0.6 is 27.3 Å². The molecule has 3 rings (SSSR count). The predicted octanol–water partition coefficient (Wildman–Crippen LogP) is 3.32. The molecule has 1 aromatic carbocycles. The van der Waals surface area contributed by atoms with Gasteiger partial charge in [0.2, 0.25) is 5.91 Å². The Morgan fingerprint density at radius 2 is 2.00 bits per heavy atom. The number of hydrogen-bond acceptors (Lipinski definition) is 4. The maximum Gasteiger partial charge on any atom is 0.282 e. The highest BCUT2D eigenvalue weighted by molar-refractivity contribution is 9.10. The fourth-order valence-electron chi connectivity index (χ4n) is 2.30. The van der Waals surface area contributed by atoms with E-state index < -0.39 is 0 Å². The number of nitrogens with zero attached hydrogens (tertiary/aromatic N) is 2. The van der Waals surface area contributed by atoms with Crippen molar-refractivity contribution in [1.82, 2.24) is 9.38 Å². The van der Waals surface area contributed by atoms with Crippen LogP contribution < -0.4 is 10.9 Å². The number of thiazole rings is 1. The van der Waals surface area contributed by atoms with Gasteiger partial charge in [0, 0.05) is 15.5 Å². The number of rotatable bonds is 3. The summed E-state index contributed by atoms with van der Waals surface area (Å²) in [5.41, 5.74) is 2.22. The van der Waals surface area contributed by atoms with Gasteiger partial charge in [-0.05, 0) is 31.5 Å². The molecule has 2 aromatic heterocycles. The van der Waals surface area contributed by atoms with Crippen LogP contribution in [0.25, 0.3) is 4.96 Å². The summed E-state index contributed by atoms with van der Waals surface area (Å²) in [6.45, 7) is 3.57. The van der Waals surface area contributed by atoms with E-state index in [2.05, 4.69) is 26.2 Å². The minimum absolute atomic E-state index is 0.206. The van der Waals surface area contributed by atoms with Crippen molar-refractivity contribution >= 4 is 43.8 Å². The van der Waals surface area contributed by atoms with E-state index in [1.165, 1.54) is 15.7 Å². The number of nitrogens with one attached hydrogen (secondary N) is 1. The van der Waals surface area contributed by atoms with Crippen molar-refractivity contribution < 1.29 is 4.79 Å². The smallest absolute Gasteiger partial charge is 0.282 e. The molecule has 23 heavy (non-hydrogen) atoms. The van der Waals surface area contributed by atoms with Crippen LogP contribution in [0.3, 0.4) is 0 Å². The molecule has 5 nitrogen and oxygen atoms in total. The fraction of sp³-hybridized carbons (Fsp3) is 0.188. The van der Waals surface area contributed by atoms with E-state index in [4.69, 9.17) is 0 Å². The molecule has 7 heteroatoms. The van der Waals surface area contributed by atoms with Crippen LogP contribution in [-0.4, -0.2) is 15.3 Å². The Hall–Kier alpha value is -1.99. The van der Waals surface area contributed by atoms with Gasteiger partial charge in [0.1, 0.15) is 5.69 Å². The number of amides is 1. The average molecular weight is 392 g/mol. The topological polar surface area (TPSA) is 63.5 Å². The summed E-state index contributed by atoms with van der Waals surface area (Å²) in [7, 11) is 0. The van der Waals surface area contributed by atoms with Crippen molar-refractivity contribution in [2.24, 2.45) is 0 Å². The second-order valence-corrected chi connectivity index (χ2v) is 6.98. The molecule has 1 N–H and O–H groups in total. The second-order valence-electron chi connectivity index (χ2n) is 5.22. The molecule has 0 saturated heterocycles. The Morgan fingerprint density at radius 3 is 2.70 bits per heavy atom. The third-order valence-electron chi connectivity index (χ3n) is 3.46.